The minimum absolute atomic E-state index is 0.123. The van der Waals surface area contributed by atoms with E-state index in [2.05, 4.69) is 10.1 Å². The summed E-state index contributed by atoms with van der Waals surface area (Å²) in [6, 6.07) is 7.65. The molecule has 5 nitrogen and oxygen atoms in total. The molecule has 1 aliphatic rings. The van der Waals surface area contributed by atoms with Crippen molar-refractivity contribution >= 4 is 16.7 Å². The molecule has 0 aliphatic carbocycles. The number of aryl methyl sites for hydroxylation is 1. The average Bonchev–Trinajstić information content (AvgIpc) is 3.12. The molecule has 1 saturated heterocycles. The van der Waals surface area contributed by atoms with Gasteiger partial charge in [-0.2, -0.15) is 18.3 Å². The highest BCUT2D eigenvalue weighted by atomic mass is 19.4. The van der Waals surface area contributed by atoms with Gasteiger partial charge in [0.05, 0.1) is 17.6 Å². The van der Waals surface area contributed by atoms with Crippen molar-refractivity contribution in [2.45, 2.75) is 32.5 Å². The zero-order valence-electron chi connectivity index (χ0n) is 16.9. The van der Waals surface area contributed by atoms with Crippen molar-refractivity contribution in [1.29, 1.82) is 0 Å². The number of halogens is 3. The van der Waals surface area contributed by atoms with Crippen LogP contribution < -0.4 is 0 Å². The van der Waals surface area contributed by atoms with E-state index in [4.69, 9.17) is 0 Å². The lowest BCUT2D eigenvalue weighted by Gasteiger charge is -2.32. The number of benzene rings is 1. The van der Waals surface area contributed by atoms with Gasteiger partial charge in [0, 0.05) is 37.7 Å². The molecule has 0 spiro atoms. The smallest absolute Gasteiger partial charge is 0.299 e. The number of hydrogen-bond donors (Lipinski definition) is 0. The van der Waals surface area contributed by atoms with Crippen molar-refractivity contribution in [1.82, 2.24) is 19.7 Å². The van der Waals surface area contributed by atoms with Gasteiger partial charge in [-0.05, 0) is 49.2 Å². The number of fused-ring (bicyclic) bond motifs is 1. The van der Waals surface area contributed by atoms with Crippen molar-refractivity contribution in [2.24, 2.45) is 13.0 Å². The number of alkyl halides is 3. The lowest BCUT2D eigenvalue weighted by Crippen LogP contribution is -2.38. The van der Waals surface area contributed by atoms with Gasteiger partial charge in [0.15, 0.2) is 5.78 Å². The summed E-state index contributed by atoms with van der Waals surface area (Å²) < 4.78 is 40.4. The van der Waals surface area contributed by atoms with E-state index >= 15 is 0 Å². The monoisotopic (exact) mass is 416 g/mol. The Morgan fingerprint density at radius 2 is 1.93 bits per heavy atom. The van der Waals surface area contributed by atoms with Crippen LogP contribution in [0.4, 0.5) is 13.2 Å². The van der Waals surface area contributed by atoms with Gasteiger partial charge in [0.1, 0.15) is 5.69 Å². The molecule has 1 aliphatic heterocycles. The standard InChI is InChI=1S/C22H23F3N4O/c1-14(30)20-10-19(16-11-26-28(2)13-16)18-4-3-15(9-21(18)27-20)12-29-7-5-17(6-8-29)22(23,24)25/h3-4,9-11,13,17H,5-8,12H2,1-2H3. The van der Waals surface area contributed by atoms with Crippen LogP contribution >= 0.6 is 0 Å². The number of piperidine rings is 1. The maximum atomic E-state index is 12.9. The maximum Gasteiger partial charge on any atom is 0.391 e. The van der Waals surface area contributed by atoms with Gasteiger partial charge in [-0.15, -0.1) is 0 Å². The summed E-state index contributed by atoms with van der Waals surface area (Å²) >= 11 is 0. The van der Waals surface area contributed by atoms with Crippen LogP contribution in [0.5, 0.6) is 0 Å². The largest absolute Gasteiger partial charge is 0.391 e. The van der Waals surface area contributed by atoms with Crippen LogP contribution in [0.15, 0.2) is 36.7 Å². The molecule has 0 bridgehead atoms. The minimum Gasteiger partial charge on any atom is -0.299 e. The van der Waals surface area contributed by atoms with E-state index in [0.29, 0.717) is 30.8 Å². The van der Waals surface area contributed by atoms with E-state index in [1.54, 1.807) is 16.9 Å². The number of ketones is 1. The molecule has 3 heterocycles. The normalized spacial score (nSPS) is 16.3. The first-order chi connectivity index (χ1) is 14.2. The lowest BCUT2D eigenvalue weighted by atomic mass is 9.95. The fraction of sp³-hybridized carbons (Fsp3) is 0.409. The quantitative estimate of drug-likeness (QED) is 0.583. The second kappa shape index (κ2) is 7.83. The number of rotatable bonds is 4. The van der Waals surface area contributed by atoms with E-state index in [9.17, 15) is 18.0 Å². The lowest BCUT2D eigenvalue weighted by molar-refractivity contribution is -0.185. The number of carbonyl (C=O) groups excluding carboxylic acids is 1. The summed E-state index contributed by atoms with van der Waals surface area (Å²) in [6.45, 7) is 2.89. The van der Waals surface area contributed by atoms with Crippen LogP contribution in [0, 0.1) is 5.92 Å². The topological polar surface area (TPSA) is 51.0 Å². The van der Waals surface area contributed by atoms with Gasteiger partial charge >= 0.3 is 6.18 Å². The molecule has 8 heteroatoms. The van der Waals surface area contributed by atoms with Gasteiger partial charge in [0.25, 0.3) is 0 Å². The number of aromatic nitrogens is 3. The van der Waals surface area contributed by atoms with E-state index < -0.39 is 12.1 Å². The zero-order valence-corrected chi connectivity index (χ0v) is 16.9. The highest BCUT2D eigenvalue weighted by molar-refractivity contribution is 6.01. The highest BCUT2D eigenvalue weighted by Crippen LogP contribution is 2.35. The summed E-state index contributed by atoms with van der Waals surface area (Å²) in [7, 11) is 1.83. The predicted molar refractivity (Wildman–Crippen MR) is 108 cm³/mol. The Bertz CT molecular complexity index is 1080. The molecule has 0 amide bonds. The van der Waals surface area contributed by atoms with Gasteiger partial charge < -0.3 is 0 Å². The molecule has 30 heavy (non-hydrogen) atoms. The van der Waals surface area contributed by atoms with Gasteiger partial charge in [-0.3, -0.25) is 14.4 Å². The van der Waals surface area contributed by atoms with E-state index in [1.807, 2.05) is 36.3 Å². The second-order valence-corrected chi connectivity index (χ2v) is 7.96. The molecule has 0 N–H and O–H groups in total. The Morgan fingerprint density at radius 1 is 1.20 bits per heavy atom. The molecular formula is C22H23F3N4O. The van der Waals surface area contributed by atoms with Crippen molar-refractivity contribution in [3.8, 4) is 11.1 Å². The molecule has 0 atom stereocenters. The first kappa shape index (κ1) is 20.5. The fourth-order valence-corrected chi connectivity index (χ4v) is 4.03. The van der Waals surface area contributed by atoms with Gasteiger partial charge in [-0.1, -0.05) is 12.1 Å². The molecule has 1 fully saturated rings. The maximum absolute atomic E-state index is 12.9. The van der Waals surface area contributed by atoms with Gasteiger partial charge in [0.2, 0.25) is 0 Å². The van der Waals surface area contributed by atoms with Crippen LogP contribution in [-0.4, -0.2) is 44.7 Å². The highest BCUT2D eigenvalue weighted by Gasteiger charge is 2.40. The van der Waals surface area contributed by atoms with Crippen LogP contribution in [0.3, 0.4) is 0 Å². The Balaban J connectivity index is 1.62. The molecule has 2 aromatic heterocycles. The molecule has 0 unspecified atom stereocenters. The molecule has 1 aromatic carbocycles. The third-order valence-corrected chi connectivity index (χ3v) is 5.71. The Kier molecular flexibility index (Phi) is 5.36. The van der Waals surface area contributed by atoms with Crippen LogP contribution in [0.2, 0.25) is 0 Å². The van der Waals surface area contributed by atoms with Crippen LogP contribution in [0.1, 0.15) is 35.8 Å². The number of pyridine rings is 1. The number of carbonyl (C=O) groups is 1. The summed E-state index contributed by atoms with van der Waals surface area (Å²) in [5.74, 6) is -1.33. The first-order valence-electron chi connectivity index (χ1n) is 9.93. The molecule has 158 valence electrons. The zero-order chi connectivity index (χ0) is 21.5. The van der Waals surface area contributed by atoms with E-state index in [-0.39, 0.29) is 18.6 Å². The van der Waals surface area contributed by atoms with E-state index in [1.165, 1.54) is 6.92 Å². The molecule has 4 rings (SSSR count). The third-order valence-electron chi connectivity index (χ3n) is 5.71. The van der Waals surface area contributed by atoms with Crippen molar-refractivity contribution in [3.05, 3.63) is 47.9 Å². The number of nitrogens with zero attached hydrogens (tertiary/aromatic N) is 4. The number of hydrogen-bond acceptors (Lipinski definition) is 4. The molecule has 3 aromatic rings. The van der Waals surface area contributed by atoms with Crippen molar-refractivity contribution in [2.75, 3.05) is 13.1 Å². The van der Waals surface area contributed by atoms with Crippen molar-refractivity contribution in [3.63, 3.8) is 0 Å². The number of likely N-dealkylation sites (tertiary alicyclic amines) is 1. The molecule has 0 saturated carbocycles. The Labute approximate surface area is 172 Å². The van der Waals surface area contributed by atoms with Crippen molar-refractivity contribution < 1.29 is 18.0 Å². The summed E-state index contributed by atoms with van der Waals surface area (Å²) in [4.78, 5) is 18.6. The summed E-state index contributed by atoms with van der Waals surface area (Å²) in [6.07, 6.45) is -0.205. The Hall–Kier alpha value is -2.74. The summed E-state index contributed by atoms with van der Waals surface area (Å²) in [5.41, 5.74) is 3.83. The number of Topliss-reactive ketones (excluding diaryl/α,β-unsaturated/α-hetero) is 1. The van der Waals surface area contributed by atoms with Gasteiger partial charge in [-0.25, -0.2) is 4.98 Å². The predicted octanol–water partition coefficient (Wildman–Crippen LogP) is 4.61. The SMILES string of the molecule is CC(=O)c1cc(-c2cnn(C)c2)c2ccc(CN3CCC(C(F)(F)F)CC3)cc2n1. The van der Waals surface area contributed by atoms with E-state index in [0.717, 1.165) is 22.1 Å². The minimum atomic E-state index is -4.11. The average molecular weight is 416 g/mol. The Morgan fingerprint density at radius 3 is 2.53 bits per heavy atom. The molecular weight excluding hydrogens is 393 g/mol. The fourth-order valence-electron chi connectivity index (χ4n) is 4.03. The first-order valence-corrected chi connectivity index (χ1v) is 9.93. The van der Waals surface area contributed by atoms with Crippen LogP contribution in [0.25, 0.3) is 22.0 Å². The third kappa shape index (κ3) is 4.23. The van der Waals surface area contributed by atoms with Crippen LogP contribution in [-0.2, 0) is 13.6 Å². The summed E-state index contributed by atoms with van der Waals surface area (Å²) in [5, 5.41) is 5.13. The second-order valence-electron chi connectivity index (χ2n) is 7.96. The molecule has 0 radical (unpaired) electrons.